The molecule has 3 rings (SSSR count). The highest BCUT2D eigenvalue weighted by Crippen LogP contribution is 2.41. The average Bonchev–Trinajstić information content (AvgIpc) is 2.95. The second-order valence-corrected chi connectivity index (χ2v) is 7.02. The number of hydrogen-bond donors (Lipinski definition) is 2. The quantitative estimate of drug-likeness (QED) is 0.705. The maximum absolute atomic E-state index is 14.0. The van der Waals surface area contributed by atoms with Crippen molar-refractivity contribution in [1.82, 2.24) is 0 Å². The number of aliphatic hydroxyl groups excluding tert-OH is 1. The summed E-state index contributed by atoms with van der Waals surface area (Å²) in [6.45, 7) is 3.63. The van der Waals surface area contributed by atoms with Crippen LogP contribution in [0.25, 0.3) is 6.08 Å². The highest BCUT2D eigenvalue weighted by atomic mass is 32.2. The molecule has 1 aliphatic rings. The van der Waals surface area contributed by atoms with E-state index in [0.29, 0.717) is 10.5 Å². The Morgan fingerprint density at radius 1 is 1.25 bits per heavy atom. The molecule has 0 saturated heterocycles. The lowest BCUT2D eigenvalue weighted by atomic mass is 10.1. The van der Waals surface area contributed by atoms with Gasteiger partial charge in [0.2, 0.25) is 0 Å². The predicted molar refractivity (Wildman–Crippen MR) is 108 cm³/mol. The number of carbonyl (C=O) groups is 1. The minimum atomic E-state index is -0.751. The Labute approximate surface area is 165 Å². The number of aromatic hydroxyl groups is 1. The maximum atomic E-state index is 14.0. The van der Waals surface area contributed by atoms with E-state index in [1.165, 1.54) is 18.2 Å². The van der Waals surface area contributed by atoms with Crippen molar-refractivity contribution in [3.05, 3.63) is 75.6 Å². The Morgan fingerprint density at radius 2 is 2.00 bits per heavy atom. The number of para-hydroxylation sites is 1. The number of phenolic OH excluding ortho intramolecular Hbond substituents is 1. The number of nitrogens with zero attached hydrogens (tertiary/aromatic N) is 1. The Bertz CT molecular complexity index is 1030. The summed E-state index contributed by atoms with van der Waals surface area (Å²) < 4.78 is 19.0. The standard InChI is InChI=1S/C21H18FNO4S/c1-3-27-21(26)18-19(25)17(11-13-10-12(2)8-9-16(13)24)28-20(18)23-15-7-5-4-6-14(15)22/h4-11,24-25H,3H2,1-2H3. The van der Waals surface area contributed by atoms with Gasteiger partial charge in [-0.1, -0.05) is 35.5 Å². The van der Waals surface area contributed by atoms with Crippen LogP contribution in [0.15, 0.2) is 63.7 Å². The van der Waals surface area contributed by atoms with E-state index in [1.54, 1.807) is 37.3 Å². The SMILES string of the molecule is CCOC(=O)C1=C(O)C(=Cc2cc(C)ccc2O)SC1=Nc1ccccc1F. The number of hydrogen-bond acceptors (Lipinski definition) is 6. The number of aliphatic imine (C=N–C) groups is 1. The van der Waals surface area contributed by atoms with E-state index in [1.807, 2.05) is 6.92 Å². The third kappa shape index (κ3) is 4.09. The average molecular weight is 399 g/mol. The van der Waals surface area contributed by atoms with Crippen molar-refractivity contribution in [2.24, 2.45) is 4.99 Å². The number of benzene rings is 2. The molecule has 0 fully saturated rings. The van der Waals surface area contributed by atoms with E-state index in [-0.39, 0.29) is 34.4 Å². The van der Waals surface area contributed by atoms with Crippen LogP contribution >= 0.6 is 11.8 Å². The minimum absolute atomic E-state index is 0.0312. The second kappa shape index (κ2) is 8.31. The fraction of sp³-hybridized carbons (Fsp3) is 0.143. The van der Waals surface area contributed by atoms with Gasteiger partial charge in [0, 0.05) is 5.56 Å². The van der Waals surface area contributed by atoms with Gasteiger partial charge in [0.1, 0.15) is 33.6 Å². The van der Waals surface area contributed by atoms with Crippen LogP contribution in [0, 0.1) is 12.7 Å². The van der Waals surface area contributed by atoms with Gasteiger partial charge < -0.3 is 14.9 Å². The highest BCUT2D eigenvalue weighted by Gasteiger charge is 2.33. The van der Waals surface area contributed by atoms with Crippen molar-refractivity contribution in [2.45, 2.75) is 13.8 Å². The molecule has 2 aromatic rings. The zero-order chi connectivity index (χ0) is 20.3. The summed E-state index contributed by atoms with van der Waals surface area (Å²) in [5, 5.41) is 20.8. The molecule has 28 heavy (non-hydrogen) atoms. The largest absolute Gasteiger partial charge is 0.507 e. The molecule has 0 amide bonds. The first-order valence-electron chi connectivity index (χ1n) is 8.54. The summed E-state index contributed by atoms with van der Waals surface area (Å²) in [7, 11) is 0. The number of carbonyl (C=O) groups excluding carboxylic acids is 1. The lowest BCUT2D eigenvalue weighted by Gasteiger charge is -2.04. The van der Waals surface area contributed by atoms with Crippen molar-refractivity contribution in [3.8, 4) is 5.75 Å². The van der Waals surface area contributed by atoms with Crippen molar-refractivity contribution >= 4 is 34.5 Å². The molecular weight excluding hydrogens is 381 g/mol. The van der Waals surface area contributed by atoms with E-state index < -0.39 is 11.8 Å². The summed E-state index contributed by atoms with van der Waals surface area (Å²) in [6, 6.07) is 10.9. The molecule has 1 heterocycles. The van der Waals surface area contributed by atoms with Crippen LogP contribution in [0.5, 0.6) is 5.75 Å². The molecule has 0 bridgehead atoms. The van der Waals surface area contributed by atoms with Crippen molar-refractivity contribution in [3.63, 3.8) is 0 Å². The van der Waals surface area contributed by atoms with Crippen LogP contribution in [0.2, 0.25) is 0 Å². The van der Waals surface area contributed by atoms with Crippen LogP contribution in [0.1, 0.15) is 18.1 Å². The monoisotopic (exact) mass is 399 g/mol. The summed E-state index contributed by atoms with van der Waals surface area (Å²) in [5.74, 6) is -1.59. The Morgan fingerprint density at radius 3 is 2.71 bits per heavy atom. The molecule has 0 spiro atoms. The summed E-state index contributed by atoms with van der Waals surface area (Å²) in [4.78, 5) is 16.9. The normalized spacial score (nSPS) is 16.8. The minimum Gasteiger partial charge on any atom is -0.507 e. The van der Waals surface area contributed by atoms with Crippen molar-refractivity contribution in [2.75, 3.05) is 6.61 Å². The van der Waals surface area contributed by atoms with Gasteiger partial charge in [0.25, 0.3) is 0 Å². The third-order valence-electron chi connectivity index (χ3n) is 3.91. The molecule has 7 heteroatoms. The van der Waals surface area contributed by atoms with Gasteiger partial charge in [-0.25, -0.2) is 14.2 Å². The fourth-order valence-electron chi connectivity index (χ4n) is 2.57. The lowest BCUT2D eigenvalue weighted by molar-refractivity contribution is -0.138. The van der Waals surface area contributed by atoms with Crippen LogP contribution in [0.3, 0.4) is 0 Å². The van der Waals surface area contributed by atoms with E-state index in [4.69, 9.17) is 4.74 Å². The second-order valence-electron chi connectivity index (χ2n) is 5.99. The molecule has 2 N–H and O–H groups in total. The highest BCUT2D eigenvalue weighted by molar-refractivity contribution is 8.18. The van der Waals surface area contributed by atoms with Gasteiger partial charge in [-0.3, -0.25) is 0 Å². The van der Waals surface area contributed by atoms with Crippen molar-refractivity contribution in [1.29, 1.82) is 0 Å². The predicted octanol–water partition coefficient (Wildman–Crippen LogP) is 5.03. The van der Waals surface area contributed by atoms with Gasteiger partial charge >= 0.3 is 5.97 Å². The Balaban J connectivity index is 2.10. The molecule has 0 aliphatic carbocycles. The van der Waals surface area contributed by atoms with E-state index in [2.05, 4.69) is 4.99 Å². The van der Waals surface area contributed by atoms with E-state index >= 15 is 0 Å². The Kier molecular flexibility index (Phi) is 5.84. The van der Waals surface area contributed by atoms with Gasteiger partial charge in [-0.15, -0.1) is 0 Å². The smallest absolute Gasteiger partial charge is 0.344 e. The first-order valence-corrected chi connectivity index (χ1v) is 9.35. The first-order chi connectivity index (χ1) is 13.4. The molecular formula is C21H18FNO4S. The summed E-state index contributed by atoms with van der Waals surface area (Å²) in [5.41, 5.74) is 1.30. The van der Waals surface area contributed by atoms with E-state index in [0.717, 1.165) is 17.3 Å². The van der Waals surface area contributed by atoms with Gasteiger partial charge in [0.15, 0.2) is 0 Å². The number of aliphatic hydroxyl groups is 1. The van der Waals surface area contributed by atoms with Crippen LogP contribution in [0.4, 0.5) is 10.1 Å². The van der Waals surface area contributed by atoms with Gasteiger partial charge in [0.05, 0.1) is 11.5 Å². The van der Waals surface area contributed by atoms with E-state index in [9.17, 15) is 19.4 Å². The summed E-state index contributed by atoms with van der Waals surface area (Å²) in [6.07, 6.45) is 1.55. The molecule has 0 unspecified atom stereocenters. The number of thioether (sulfide) groups is 1. The topological polar surface area (TPSA) is 79.1 Å². The molecule has 0 radical (unpaired) electrons. The first kappa shape index (κ1) is 19.7. The number of rotatable bonds is 4. The molecule has 1 aliphatic heterocycles. The Hall–Kier alpha value is -3.06. The molecule has 0 atom stereocenters. The molecule has 0 aromatic heterocycles. The van der Waals surface area contributed by atoms with Crippen molar-refractivity contribution < 1.29 is 24.1 Å². The number of phenols is 1. The molecule has 2 aromatic carbocycles. The molecule has 5 nitrogen and oxygen atoms in total. The van der Waals surface area contributed by atoms with Crippen LogP contribution in [-0.2, 0) is 9.53 Å². The molecule has 144 valence electrons. The number of halogens is 1. The number of esters is 1. The zero-order valence-corrected chi connectivity index (χ0v) is 16.1. The third-order valence-corrected chi connectivity index (χ3v) is 4.93. The lowest BCUT2D eigenvalue weighted by Crippen LogP contribution is -2.12. The zero-order valence-electron chi connectivity index (χ0n) is 15.3. The van der Waals surface area contributed by atoms with Gasteiger partial charge in [-0.05, 0) is 44.2 Å². The summed E-state index contributed by atoms with van der Waals surface area (Å²) >= 11 is 1.00. The van der Waals surface area contributed by atoms with Crippen LogP contribution < -0.4 is 0 Å². The number of ether oxygens (including phenoxy) is 1. The maximum Gasteiger partial charge on any atom is 0.344 e. The number of aryl methyl sites for hydroxylation is 1. The van der Waals surface area contributed by atoms with Crippen LogP contribution in [-0.4, -0.2) is 27.8 Å². The van der Waals surface area contributed by atoms with Gasteiger partial charge in [-0.2, -0.15) is 0 Å². The molecule has 0 saturated carbocycles. The fourth-order valence-corrected chi connectivity index (χ4v) is 3.59.